The summed E-state index contributed by atoms with van der Waals surface area (Å²) in [5.74, 6) is 0.342. The van der Waals surface area contributed by atoms with Crippen molar-refractivity contribution >= 4 is 22.5 Å². The molecule has 4 heterocycles. The summed E-state index contributed by atoms with van der Waals surface area (Å²) in [5, 5.41) is 27.6. The summed E-state index contributed by atoms with van der Waals surface area (Å²) in [6, 6.07) is 2.24. The number of piperazine rings is 1. The van der Waals surface area contributed by atoms with Crippen molar-refractivity contribution in [2.75, 3.05) is 31.1 Å². The Labute approximate surface area is 153 Å². The van der Waals surface area contributed by atoms with Gasteiger partial charge in [0.05, 0.1) is 16.6 Å². The lowest BCUT2D eigenvalue weighted by Gasteiger charge is -2.28. The highest BCUT2D eigenvalue weighted by Gasteiger charge is 2.36. The first-order chi connectivity index (χ1) is 13.5. The van der Waals surface area contributed by atoms with Gasteiger partial charge in [-0.3, -0.25) is 0 Å². The largest absolute Gasteiger partial charge is 0.417 e. The number of aromatic amines is 1. The molecule has 5 rings (SSSR count). The van der Waals surface area contributed by atoms with Crippen LogP contribution in [0.25, 0.3) is 28.1 Å². The molecule has 0 atom stereocenters. The van der Waals surface area contributed by atoms with E-state index in [9.17, 15) is 13.2 Å². The number of rotatable bonds is 2. The smallest absolute Gasteiger partial charge is 0.351 e. The maximum atomic E-state index is 13.7. The molecule has 11 nitrogen and oxygen atoms in total. The summed E-state index contributed by atoms with van der Waals surface area (Å²) >= 11 is 0. The van der Waals surface area contributed by atoms with Crippen LogP contribution in [0.1, 0.15) is 5.56 Å². The fourth-order valence-corrected chi connectivity index (χ4v) is 3.27. The molecular formula is C14H12F3N11. The van der Waals surface area contributed by atoms with E-state index in [4.69, 9.17) is 0 Å². The lowest BCUT2D eigenvalue weighted by atomic mass is 10.0. The molecule has 144 valence electrons. The average molecular weight is 391 g/mol. The molecule has 1 aliphatic rings. The van der Waals surface area contributed by atoms with E-state index in [-0.39, 0.29) is 16.9 Å². The van der Waals surface area contributed by atoms with Crippen molar-refractivity contribution in [1.82, 2.24) is 51.0 Å². The molecule has 1 fully saturated rings. The minimum absolute atomic E-state index is 0.137. The fourth-order valence-electron chi connectivity index (χ4n) is 3.27. The molecule has 0 saturated carbocycles. The summed E-state index contributed by atoms with van der Waals surface area (Å²) in [4.78, 5) is 6.57. The Morgan fingerprint density at radius 1 is 1.07 bits per heavy atom. The Hall–Kier alpha value is -3.42. The van der Waals surface area contributed by atoms with E-state index in [0.717, 1.165) is 19.2 Å². The van der Waals surface area contributed by atoms with Crippen LogP contribution in [0.2, 0.25) is 0 Å². The number of halogens is 3. The first-order valence-corrected chi connectivity index (χ1v) is 8.35. The van der Waals surface area contributed by atoms with Crippen molar-refractivity contribution in [2.24, 2.45) is 0 Å². The van der Waals surface area contributed by atoms with Crippen LogP contribution in [-0.4, -0.2) is 71.8 Å². The molecule has 0 bridgehead atoms. The second-order valence-electron chi connectivity index (χ2n) is 6.21. The Balaban J connectivity index is 1.81. The maximum Gasteiger partial charge on any atom is 0.417 e. The molecule has 1 saturated heterocycles. The van der Waals surface area contributed by atoms with Gasteiger partial charge in [-0.2, -0.15) is 22.9 Å². The van der Waals surface area contributed by atoms with Crippen LogP contribution in [0.5, 0.6) is 0 Å². The number of benzene rings is 1. The highest BCUT2D eigenvalue weighted by Crippen LogP contribution is 2.38. The zero-order chi connectivity index (χ0) is 19.3. The van der Waals surface area contributed by atoms with Gasteiger partial charge in [0.25, 0.3) is 0 Å². The number of nitrogens with one attached hydrogen (secondary N) is 2. The van der Waals surface area contributed by atoms with Crippen molar-refractivity contribution in [3.05, 3.63) is 17.7 Å². The number of aromatic nitrogens is 9. The molecule has 4 aromatic rings. The van der Waals surface area contributed by atoms with E-state index < -0.39 is 11.7 Å². The molecule has 14 heteroatoms. The standard InChI is InChI=1S/C14H12F3N11/c15-14(16,17)8-6-10-9(5-7(8)11-20-23-24-21-11)19-12(13-22-25-26-28(10)13)27-3-1-18-2-4-27/h5-6,18H,1-4H2,(H,20,21,23,24). The first kappa shape index (κ1) is 16.7. The number of H-pyrrole nitrogens is 1. The van der Waals surface area contributed by atoms with Crippen LogP contribution in [0, 0.1) is 0 Å². The molecule has 0 spiro atoms. The van der Waals surface area contributed by atoms with Crippen LogP contribution in [-0.2, 0) is 6.18 Å². The van der Waals surface area contributed by atoms with Crippen LogP contribution in [0.3, 0.4) is 0 Å². The van der Waals surface area contributed by atoms with Gasteiger partial charge in [0, 0.05) is 31.7 Å². The summed E-state index contributed by atoms with van der Waals surface area (Å²) < 4.78 is 42.3. The second-order valence-corrected chi connectivity index (χ2v) is 6.21. The predicted octanol–water partition coefficient (Wildman–Crippen LogP) is 0.281. The Bertz CT molecular complexity index is 1140. The maximum absolute atomic E-state index is 13.7. The van der Waals surface area contributed by atoms with Gasteiger partial charge in [0.2, 0.25) is 11.5 Å². The number of alkyl halides is 3. The molecule has 0 amide bonds. The molecule has 0 unspecified atom stereocenters. The molecule has 1 aromatic carbocycles. The van der Waals surface area contributed by atoms with Gasteiger partial charge < -0.3 is 10.2 Å². The van der Waals surface area contributed by atoms with Crippen molar-refractivity contribution in [3.63, 3.8) is 0 Å². The van der Waals surface area contributed by atoms with Crippen molar-refractivity contribution in [1.29, 1.82) is 0 Å². The minimum Gasteiger partial charge on any atom is -0.351 e. The quantitative estimate of drug-likeness (QED) is 0.495. The lowest BCUT2D eigenvalue weighted by Crippen LogP contribution is -2.44. The number of hydrogen-bond donors (Lipinski definition) is 2. The first-order valence-electron chi connectivity index (χ1n) is 8.35. The second kappa shape index (κ2) is 6.05. The summed E-state index contributed by atoms with van der Waals surface area (Å²) in [6.45, 7) is 2.88. The Morgan fingerprint density at radius 2 is 1.89 bits per heavy atom. The van der Waals surface area contributed by atoms with Crippen molar-refractivity contribution in [3.8, 4) is 11.4 Å². The van der Waals surface area contributed by atoms with Gasteiger partial charge in [-0.1, -0.05) is 0 Å². The highest BCUT2D eigenvalue weighted by molar-refractivity contribution is 5.87. The molecule has 2 N–H and O–H groups in total. The van der Waals surface area contributed by atoms with Crippen LogP contribution in [0.4, 0.5) is 19.0 Å². The third kappa shape index (κ3) is 2.60. The number of tetrazole rings is 2. The normalized spacial score (nSPS) is 15.6. The summed E-state index contributed by atoms with van der Waals surface area (Å²) in [5.41, 5.74) is -0.413. The fraction of sp³-hybridized carbons (Fsp3) is 0.357. The van der Waals surface area contributed by atoms with Crippen LogP contribution >= 0.6 is 0 Å². The van der Waals surface area contributed by atoms with E-state index in [1.165, 1.54) is 10.6 Å². The number of hydrogen-bond acceptors (Lipinski definition) is 9. The van der Waals surface area contributed by atoms with E-state index in [2.05, 4.69) is 46.5 Å². The molecule has 0 radical (unpaired) electrons. The molecule has 0 aliphatic carbocycles. The van der Waals surface area contributed by atoms with Crippen molar-refractivity contribution < 1.29 is 13.2 Å². The molecule has 3 aromatic heterocycles. The third-order valence-electron chi connectivity index (χ3n) is 4.55. The van der Waals surface area contributed by atoms with Crippen LogP contribution < -0.4 is 10.2 Å². The van der Waals surface area contributed by atoms with Gasteiger partial charge in [0.15, 0.2) is 5.82 Å². The van der Waals surface area contributed by atoms with Gasteiger partial charge in [-0.05, 0) is 27.8 Å². The zero-order valence-corrected chi connectivity index (χ0v) is 14.1. The Kier molecular flexibility index (Phi) is 3.61. The lowest BCUT2D eigenvalue weighted by molar-refractivity contribution is -0.137. The summed E-state index contributed by atoms with van der Waals surface area (Å²) in [6.07, 6.45) is -4.64. The number of nitrogens with zero attached hydrogens (tertiary/aromatic N) is 9. The highest BCUT2D eigenvalue weighted by atomic mass is 19.4. The third-order valence-corrected chi connectivity index (χ3v) is 4.55. The van der Waals surface area contributed by atoms with E-state index >= 15 is 0 Å². The minimum atomic E-state index is -4.64. The topological polar surface area (TPSA) is 126 Å². The zero-order valence-electron chi connectivity index (χ0n) is 14.1. The van der Waals surface area contributed by atoms with Crippen molar-refractivity contribution in [2.45, 2.75) is 6.18 Å². The molecule has 1 aliphatic heterocycles. The summed E-state index contributed by atoms with van der Waals surface area (Å²) in [7, 11) is 0. The molecule has 28 heavy (non-hydrogen) atoms. The van der Waals surface area contributed by atoms with E-state index in [1.54, 1.807) is 0 Å². The van der Waals surface area contributed by atoms with Gasteiger partial charge in [0.1, 0.15) is 0 Å². The van der Waals surface area contributed by atoms with E-state index in [0.29, 0.717) is 30.1 Å². The number of fused-ring (bicyclic) bond motifs is 3. The SMILES string of the molecule is FC(F)(F)c1cc2c(cc1-c1nn[nH]n1)nc(N1CCNCC1)c1nnnn12. The van der Waals surface area contributed by atoms with E-state index in [1.807, 2.05) is 4.90 Å². The monoisotopic (exact) mass is 391 g/mol. The predicted molar refractivity (Wildman–Crippen MR) is 89.3 cm³/mol. The van der Waals surface area contributed by atoms with Gasteiger partial charge in [-0.25, -0.2) is 4.98 Å². The molecular weight excluding hydrogens is 379 g/mol. The van der Waals surface area contributed by atoms with Gasteiger partial charge in [-0.15, -0.1) is 15.3 Å². The average Bonchev–Trinajstić information content (AvgIpc) is 3.38. The number of anilines is 1. The van der Waals surface area contributed by atoms with Crippen LogP contribution in [0.15, 0.2) is 12.1 Å². The van der Waals surface area contributed by atoms with Gasteiger partial charge >= 0.3 is 6.18 Å². The Morgan fingerprint density at radius 3 is 2.61 bits per heavy atom.